The molecule has 1 aromatic rings. The van der Waals surface area contributed by atoms with Crippen LogP contribution in [0.3, 0.4) is 0 Å². The molecule has 0 saturated carbocycles. The van der Waals surface area contributed by atoms with Crippen LogP contribution in [0, 0.1) is 5.92 Å². The second kappa shape index (κ2) is 9.78. The third-order valence-electron chi connectivity index (χ3n) is 3.82. The molecular formula is C16H24ClN3O3S. The molecule has 1 saturated heterocycles. The summed E-state index contributed by atoms with van der Waals surface area (Å²) in [6.07, 6.45) is 3.53. The molecule has 1 atom stereocenters. The topological polar surface area (TPSA) is 87.3 Å². The number of nitrogens with one attached hydrogen (secondary N) is 3. The van der Waals surface area contributed by atoms with Crippen molar-refractivity contribution >= 4 is 28.3 Å². The Balaban J connectivity index is 0.00000288. The zero-order chi connectivity index (χ0) is 16.7. The van der Waals surface area contributed by atoms with Crippen LogP contribution < -0.4 is 15.4 Å². The van der Waals surface area contributed by atoms with Gasteiger partial charge in [-0.15, -0.1) is 19.0 Å². The van der Waals surface area contributed by atoms with Crippen LogP contribution in [0.2, 0.25) is 0 Å². The first kappa shape index (κ1) is 20.6. The van der Waals surface area contributed by atoms with Crippen molar-refractivity contribution in [2.75, 3.05) is 26.2 Å². The lowest BCUT2D eigenvalue weighted by Crippen LogP contribution is -2.27. The summed E-state index contributed by atoms with van der Waals surface area (Å²) in [5.41, 5.74) is 0.344. The number of carbonyl (C=O) groups excluding carboxylic acids is 1. The Bertz CT molecular complexity index is 658. The standard InChI is InChI=1S/C16H23N3O3S.ClH/c1-2-8-19-23(21,22)15-5-3-4-14(11-15)16(20)18-10-7-13-6-9-17-12-13;/h2-5,11,13,17,19H,1,6-10,12H2,(H,18,20);1H. The maximum absolute atomic E-state index is 12.2. The fourth-order valence-corrected chi connectivity index (χ4v) is 3.55. The summed E-state index contributed by atoms with van der Waals surface area (Å²) < 4.78 is 26.5. The Morgan fingerprint density at radius 2 is 2.21 bits per heavy atom. The van der Waals surface area contributed by atoms with E-state index in [4.69, 9.17) is 0 Å². The molecule has 134 valence electrons. The van der Waals surface area contributed by atoms with Crippen LogP contribution >= 0.6 is 12.4 Å². The number of sulfonamides is 1. The summed E-state index contributed by atoms with van der Waals surface area (Å²) >= 11 is 0. The van der Waals surface area contributed by atoms with Gasteiger partial charge in [0.1, 0.15) is 0 Å². The molecule has 6 nitrogen and oxygen atoms in total. The molecule has 1 unspecified atom stereocenters. The summed E-state index contributed by atoms with van der Waals surface area (Å²) in [5.74, 6) is 0.349. The Morgan fingerprint density at radius 3 is 2.88 bits per heavy atom. The Hall–Kier alpha value is -1.41. The van der Waals surface area contributed by atoms with Crippen LogP contribution in [0.25, 0.3) is 0 Å². The van der Waals surface area contributed by atoms with Crippen molar-refractivity contribution in [2.45, 2.75) is 17.7 Å². The molecule has 0 spiro atoms. The minimum atomic E-state index is -3.62. The molecule has 0 aliphatic carbocycles. The van der Waals surface area contributed by atoms with Crippen LogP contribution in [0.5, 0.6) is 0 Å². The molecule has 0 aromatic heterocycles. The van der Waals surface area contributed by atoms with Crippen LogP contribution in [0.4, 0.5) is 0 Å². The van der Waals surface area contributed by atoms with Gasteiger partial charge in [0.2, 0.25) is 10.0 Å². The van der Waals surface area contributed by atoms with Crippen molar-refractivity contribution in [3.05, 3.63) is 42.5 Å². The van der Waals surface area contributed by atoms with Crippen LogP contribution in [0.1, 0.15) is 23.2 Å². The van der Waals surface area contributed by atoms with Gasteiger partial charge in [0.25, 0.3) is 5.91 Å². The number of hydrogen-bond acceptors (Lipinski definition) is 4. The molecule has 0 bridgehead atoms. The first-order chi connectivity index (χ1) is 11.0. The van der Waals surface area contributed by atoms with Gasteiger partial charge in [-0.3, -0.25) is 4.79 Å². The quantitative estimate of drug-likeness (QED) is 0.599. The summed E-state index contributed by atoms with van der Waals surface area (Å²) in [4.78, 5) is 12.2. The highest BCUT2D eigenvalue weighted by molar-refractivity contribution is 7.89. The van der Waals surface area contributed by atoms with Crippen molar-refractivity contribution < 1.29 is 13.2 Å². The zero-order valence-corrected chi connectivity index (χ0v) is 15.1. The van der Waals surface area contributed by atoms with Crippen molar-refractivity contribution in [3.63, 3.8) is 0 Å². The number of halogens is 1. The SMILES string of the molecule is C=CCNS(=O)(=O)c1cccc(C(=O)NCCC2CCNC2)c1.Cl. The molecule has 3 N–H and O–H groups in total. The number of amides is 1. The molecule has 24 heavy (non-hydrogen) atoms. The second-order valence-electron chi connectivity index (χ2n) is 5.57. The minimum Gasteiger partial charge on any atom is -0.352 e. The van der Waals surface area contributed by atoms with E-state index in [1.54, 1.807) is 12.1 Å². The van der Waals surface area contributed by atoms with Gasteiger partial charge in [-0.2, -0.15) is 0 Å². The molecule has 1 heterocycles. The van der Waals surface area contributed by atoms with E-state index in [0.717, 1.165) is 25.9 Å². The smallest absolute Gasteiger partial charge is 0.251 e. The zero-order valence-electron chi connectivity index (χ0n) is 13.5. The lowest BCUT2D eigenvalue weighted by atomic mass is 10.1. The lowest BCUT2D eigenvalue weighted by molar-refractivity contribution is 0.0951. The van der Waals surface area contributed by atoms with E-state index < -0.39 is 10.0 Å². The maximum atomic E-state index is 12.2. The van der Waals surface area contributed by atoms with Crippen molar-refractivity contribution in [3.8, 4) is 0 Å². The van der Waals surface area contributed by atoms with Crippen LogP contribution in [-0.4, -0.2) is 40.5 Å². The molecular weight excluding hydrogens is 350 g/mol. The molecule has 1 aromatic carbocycles. The summed E-state index contributed by atoms with van der Waals surface area (Å²) in [6.45, 7) is 6.25. The van der Waals surface area contributed by atoms with E-state index in [2.05, 4.69) is 21.9 Å². The Morgan fingerprint density at radius 1 is 1.42 bits per heavy atom. The fourth-order valence-electron chi connectivity index (χ4n) is 2.51. The van der Waals surface area contributed by atoms with E-state index in [0.29, 0.717) is 18.0 Å². The molecule has 0 radical (unpaired) electrons. The highest BCUT2D eigenvalue weighted by atomic mass is 35.5. The molecule has 1 fully saturated rings. The Labute approximate surface area is 149 Å². The van der Waals surface area contributed by atoms with Gasteiger partial charge in [-0.1, -0.05) is 12.1 Å². The predicted octanol–water partition coefficient (Wildman–Crippen LogP) is 1.30. The number of carbonyl (C=O) groups is 1. The lowest BCUT2D eigenvalue weighted by Gasteiger charge is -2.10. The molecule has 1 aliphatic heterocycles. The van der Waals surface area contributed by atoms with Gasteiger partial charge in [-0.05, 0) is 50.0 Å². The molecule has 1 amide bonds. The van der Waals surface area contributed by atoms with Gasteiger partial charge in [0.05, 0.1) is 4.90 Å². The van der Waals surface area contributed by atoms with Gasteiger partial charge in [0.15, 0.2) is 0 Å². The first-order valence-corrected chi connectivity index (χ1v) is 9.21. The van der Waals surface area contributed by atoms with Crippen molar-refractivity contribution in [1.82, 2.24) is 15.4 Å². The van der Waals surface area contributed by atoms with Crippen molar-refractivity contribution in [1.29, 1.82) is 0 Å². The average Bonchev–Trinajstić information content (AvgIpc) is 3.06. The molecule has 2 rings (SSSR count). The Kier molecular flexibility index (Phi) is 8.41. The van der Waals surface area contributed by atoms with E-state index in [9.17, 15) is 13.2 Å². The minimum absolute atomic E-state index is 0. The second-order valence-corrected chi connectivity index (χ2v) is 7.34. The van der Waals surface area contributed by atoms with Gasteiger partial charge in [-0.25, -0.2) is 13.1 Å². The summed E-state index contributed by atoms with van der Waals surface area (Å²) in [7, 11) is -3.62. The largest absolute Gasteiger partial charge is 0.352 e. The summed E-state index contributed by atoms with van der Waals surface area (Å²) in [6, 6.07) is 6.03. The summed E-state index contributed by atoms with van der Waals surface area (Å²) in [5, 5.41) is 6.14. The van der Waals surface area contributed by atoms with E-state index in [1.165, 1.54) is 18.2 Å². The van der Waals surface area contributed by atoms with E-state index in [-0.39, 0.29) is 29.8 Å². The third-order valence-corrected chi connectivity index (χ3v) is 5.25. The van der Waals surface area contributed by atoms with Gasteiger partial charge in [0, 0.05) is 18.7 Å². The molecule has 8 heteroatoms. The fraction of sp³-hybridized carbons (Fsp3) is 0.438. The van der Waals surface area contributed by atoms with Crippen LogP contribution in [0.15, 0.2) is 41.8 Å². The number of rotatable bonds is 8. The third kappa shape index (κ3) is 5.90. The average molecular weight is 374 g/mol. The molecule has 1 aliphatic rings. The van der Waals surface area contributed by atoms with E-state index in [1.807, 2.05) is 0 Å². The highest BCUT2D eigenvalue weighted by Gasteiger charge is 2.17. The van der Waals surface area contributed by atoms with Gasteiger partial charge < -0.3 is 10.6 Å². The number of benzene rings is 1. The highest BCUT2D eigenvalue weighted by Crippen LogP contribution is 2.13. The number of hydrogen-bond donors (Lipinski definition) is 3. The predicted molar refractivity (Wildman–Crippen MR) is 97.0 cm³/mol. The normalized spacial score (nSPS) is 17.1. The first-order valence-electron chi connectivity index (χ1n) is 7.72. The van der Waals surface area contributed by atoms with E-state index >= 15 is 0 Å². The van der Waals surface area contributed by atoms with Crippen molar-refractivity contribution in [2.24, 2.45) is 5.92 Å². The van der Waals surface area contributed by atoms with Gasteiger partial charge >= 0.3 is 0 Å². The van der Waals surface area contributed by atoms with Crippen LogP contribution in [-0.2, 0) is 10.0 Å². The maximum Gasteiger partial charge on any atom is 0.251 e. The monoisotopic (exact) mass is 373 g/mol.